The summed E-state index contributed by atoms with van der Waals surface area (Å²) >= 11 is 12.2. The molecule has 4 saturated carbocycles. The summed E-state index contributed by atoms with van der Waals surface area (Å²) in [4.78, 5) is 27.6. The summed E-state index contributed by atoms with van der Waals surface area (Å²) in [6.45, 7) is 1.12. The van der Waals surface area contributed by atoms with Crippen molar-refractivity contribution in [1.29, 1.82) is 0 Å². The van der Waals surface area contributed by atoms with Gasteiger partial charge in [-0.3, -0.25) is 0 Å². The van der Waals surface area contributed by atoms with Crippen molar-refractivity contribution in [3.8, 4) is 0 Å². The number of urea groups is 2. The van der Waals surface area contributed by atoms with Gasteiger partial charge in [0.1, 0.15) is 0 Å². The molecule has 4 bridgehead atoms. The van der Waals surface area contributed by atoms with Crippen LogP contribution in [0.15, 0.2) is 18.2 Å². The monoisotopic (exact) mass is 478 g/mol. The standard InChI is InChI=1S/C24H32Cl2N4O2/c25-18-4-5-21(20(26)10-18)28-23(32)30-6-2-1-3-19(30)14-27-22(31)29-24-11-15-7-16(12-24)9-17(8-15)13-24/h4-5,10,15-17,19H,1-3,6-9,11-14H2,(H,28,32)(H2,27,29,31). The van der Waals surface area contributed by atoms with Crippen molar-refractivity contribution in [1.82, 2.24) is 15.5 Å². The predicted octanol–water partition coefficient (Wildman–Crippen LogP) is 5.65. The van der Waals surface area contributed by atoms with E-state index in [0.29, 0.717) is 28.8 Å². The Bertz CT molecular complexity index is 857. The Morgan fingerprint density at radius 2 is 1.72 bits per heavy atom. The molecule has 0 aromatic heterocycles. The molecular formula is C24H32Cl2N4O2. The number of benzene rings is 1. The fourth-order valence-electron chi connectivity index (χ4n) is 7.02. The second-order valence-electron chi connectivity index (χ2n) is 10.4. The predicted molar refractivity (Wildman–Crippen MR) is 127 cm³/mol. The van der Waals surface area contributed by atoms with Gasteiger partial charge >= 0.3 is 12.1 Å². The van der Waals surface area contributed by atoms with E-state index in [1.54, 1.807) is 18.2 Å². The molecule has 1 aliphatic heterocycles. The minimum absolute atomic E-state index is 0.00616. The van der Waals surface area contributed by atoms with Gasteiger partial charge in [0.15, 0.2) is 0 Å². The van der Waals surface area contributed by atoms with Gasteiger partial charge in [-0.2, -0.15) is 0 Å². The second-order valence-corrected chi connectivity index (χ2v) is 11.3. The van der Waals surface area contributed by atoms with E-state index in [4.69, 9.17) is 23.2 Å². The molecule has 5 fully saturated rings. The minimum Gasteiger partial charge on any atom is -0.336 e. The first-order valence-electron chi connectivity index (χ1n) is 12.0. The fraction of sp³-hybridized carbons (Fsp3) is 0.667. The van der Waals surface area contributed by atoms with Crippen LogP contribution in [0.5, 0.6) is 0 Å². The summed E-state index contributed by atoms with van der Waals surface area (Å²) in [6, 6.07) is 4.71. The Hall–Kier alpha value is -1.66. The lowest BCUT2D eigenvalue weighted by atomic mass is 9.53. The van der Waals surface area contributed by atoms with Crippen LogP contribution in [-0.2, 0) is 0 Å². The SMILES string of the molecule is O=C(NCC1CCCCN1C(=O)Nc1ccc(Cl)cc1Cl)NC12CC3CC(CC(C3)C1)C2. The molecule has 1 aromatic carbocycles. The lowest BCUT2D eigenvalue weighted by Gasteiger charge is -2.56. The molecule has 3 N–H and O–H groups in total. The maximum absolute atomic E-state index is 13.0. The average molecular weight is 479 g/mol. The van der Waals surface area contributed by atoms with Crippen LogP contribution in [-0.4, -0.2) is 41.6 Å². The van der Waals surface area contributed by atoms with Crippen molar-refractivity contribution in [2.24, 2.45) is 17.8 Å². The van der Waals surface area contributed by atoms with Crippen LogP contribution in [0.2, 0.25) is 10.0 Å². The summed E-state index contributed by atoms with van der Waals surface area (Å²) in [7, 11) is 0. The third-order valence-electron chi connectivity index (χ3n) is 7.98. The average Bonchev–Trinajstić information content (AvgIpc) is 2.73. The van der Waals surface area contributed by atoms with Crippen molar-refractivity contribution in [2.75, 3.05) is 18.4 Å². The molecule has 1 heterocycles. The van der Waals surface area contributed by atoms with Gasteiger partial charge < -0.3 is 20.9 Å². The van der Waals surface area contributed by atoms with Gasteiger partial charge in [-0.1, -0.05) is 23.2 Å². The molecule has 6 nitrogen and oxygen atoms in total. The highest BCUT2D eigenvalue weighted by atomic mass is 35.5. The Balaban J connectivity index is 1.17. The second kappa shape index (κ2) is 8.94. The number of halogens is 2. The molecule has 0 radical (unpaired) electrons. The number of hydrogen-bond acceptors (Lipinski definition) is 2. The summed E-state index contributed by atoms with van der Waals surface area (Å²) in [5, 5.41) is 10.3. The largest absolute Gasteiger partial charge is 0.336 e. The lowest BCUT2D eigenvalue weighted by molar-refractivity contribution is -0.0136. The normalized spacial score (nSPS) is 33.1. The minimum atomic E-state index is -0.192. The number of nitrogens with one attached hydrogen (secondary N) is 3. The number of carbonyl (C=O) groups is 2. The molecule has 6 rings (SSSR count). The number of carbonyl (C=O) groups excluding carboxylic acids is 2. The smallest absolute Gasteiger partial charge is 0.322 e. The number of likely N-dealkylation sites (tertiary alicyclic amines) is 1. The van der Waals surface area contributed by atoms with Crippen molar-refractivity contribution in [3.05, 3.63) is 28.2 Å². The Labute approximate surface area is 199 Å². The van der Waals surface area contributed by atoms with E-state index in [0.717, 1.165) is 56.3 Å². The Kier molecular flexibility index (Phi) is 6.19. The van der Waals surface area contributed by atoms with Crippen molar-refractivity contribution < 1.29 is 9.59 Å². The molecular weight excluding hydrogens is 447 g/mol. The molecule has 5 aliphatic rings. The first kappa shape index (κ1) is 22.1. The van der Waals surface area contributed by atoms with Gasteiger partial charge in [-0.05, 0) is 93.7 Å². The summed E-state index contributed by atoms with van der Waals surface area (Å²) in [5.41, 5.74) is 0.534. The van der Waals surface area contributed by atoms with Gasteiger partial charge in [0.25, 0.3) is 0 Å². The number of anilines is 1. The molecule has 1 atom stereocenters. The maximum Gasteiger partial charge on any atom is 0.322 e. The third-order valence-corrected chi connectivity index (χ3v) is 8.52. The van der Waals surface area contributed by atoms with E-state index in [9.17, 15) is 9.59 Å². The molecule has 8 heteroatoms. The van der Waals surface area contributed by atoms with Gasteiger partial charge in [-0.15, -0.1) is 0 Å². The van der Waals surface area contributed by atoms with E-state index >= 15 is 0 Å². The first-order valence-corrected chi connectivity index (χ1v) is 12.7. The molecule has 4 aliphatic carbocycles. The molecule has 1 saturated heterocycles. The Morgan fingerprint density at radius 3 is 2.38 bits per heavy atom. The molecule has 4 amide bonds. The highest BCUT2D eigenvalue weighted by Gasteiger charge is 2.51. The molecule has 1 unspecified atom stereocenters. The van der Waals surface area contributed by atoms with E-state index < -0.39 is 0 Å². The molecule has 174 valence electrons. The first-order chi connectivity index (χ1) is 15.4. The van der Waals surface area contributed by atoms with Crippen LogP contribution >= 0.6 is 23.2 Å². The third kappa shape index (κ3) is 4.67. The van der Waals surface area contributed by atoms with E-state index in [-0.39, 0.29) is 23.6 Å². The Morgan fingerprint density at radius 1 is 1.03 bits per heavy atom. The summed E-state index contributed by atoms with van der Waals surface area (Å²) in [5.74, 6) is 2.37. The highest BCUT2D eigenvalue weighted by Crippen LogP contribution is 2.55. The number of nitrogens with zero attached hydrogens (tertiary/aromatic N) is 1. The van der Waals surface area contributed by atoms with Crippen LogP contribution in [0.4, 0.5) is 15.3 Å². The summed E-state index contributed by atoms with van der Waals surface area (Å²) in [6.07, 6.45) is 10.3. The van der Waals surface area contributed by atoms with Gasteiger partial charge in [0.2, 0.25) is 0 Å². The van der Waals surface area contributed by atoms with Crippen molar-refractivity contribution >= 4 is 41.0 Å². The zero-order chi connectivity index (χ0) is 22.3. The van der Waals surface area contributed by atoms with Crippen LogP contribution in [0.1, 0.15) is 57.8 Å². The van der Waals surface area contributed by atoms with Gasteiger partial charge in [0.05, 0.1) is 16.8 Å². The van der Waals surface area contributed by atoms with E-state index in [2.05, 4.69) is 16.0 Å². The lowest BCUT2D eigenvalue weighted by Crippen LogP contribution is -2.62. The van der Waals surface area contributed by atoms with Crippen LogP contribution in [0, 0.1) is 17.8 Å². The van der Waals surface area contributed by atoms with E-state index in [1.165, 1.54) is 19.3 Å². The topological polar surface area (TPSA) is 73.5 Å². The maximum atomic E-state index is 13.0. The van der Waals surface area contributed by atoms with E-state index in [1.807, 2.05) is 4.90 Å². The number of rotatable bonds is 4. The summed E-state index contributed by atoms with van der Waals surface area (Å²) < 4.78 is 0. The van der Waals surface area contributed by atoms with Gasteiger partial charge in [-0.25, -0.2) is 9.59 Å². The van der Waals surface area contributed by atoms with Crippen LogP contribution in [0.25, 0.3) is 0 Å². The van der Waals surface area contributed by atoms with Gasteiger partial charge in [0, 0.05) is 23.7 Å². The number of amides is 4. The van der Waals surface area contributed by atoms with Crippen LogP contribution < -0.4 is 16.0 Å². The molecule has 1 aromatic rings. The van der Waals surface area contributed by atoms with Crippen molar-refractivity contribution in [2.45, 2.75) is 69.4 Å². The zero-order valence-electron chi connectivity index (χ0n) is 18.3. The van der Waals surface area contributed by atoms with Crippen molar-refractivity contribution in [3.63, 3.8) is 0 Å². The molecule has 0 spiro atoms. The zero-order valence-corrected chi connectivity index (χ0v) is 19.9. The fourth-order valence-corrected chi connectivity index (χ4v) is 7.47. The number of hydrogen-bond donors (Lipinski definition) is 3. The highest BCUT2D eigenvalue weighted by molar-refractivity contribution is 6.36. The quantitative estimate of drug-likeness (QED) is 0.522. The number of piperidine rings is 1. The molecule has 32 heavy (non-hydrogen) atoms. The van der Waals surface area contributed by atoms with Crippen LogP contribution in [0.3, 0.4) is 0 Å².